The molecule has 0 saturated carbocycles. The molecule has 1 atom stereocenters. The van der Waals surface area contributed by atoms with Gasteiger partial charge in [-0.1, -0.05) is 0 Å². The molecule has 0 radical (unpaired) electrons. The largest absolute Gasteiger partial charge is 0.381 e. The highest BCUT2D eigenvalue weighted by molar-refractivity contribution is 7.88. The van der Waals surface area contributed by atoms with Gasteiger partial charge in [0.25, 0.3) is 0 Å². The molecule has 9 nitrogen and oxygen atoms in total. The molecule has 1 aromatic heterocycles. The van der Waals surface area contributed by atoms with Crippen LogP contribution in [0.5, 0.6) is 0 Å². The maximum Gasteiger partial charge on any atom is 0.241 e. The average Bonchev–Trinajstić information content (AvgIpc) is 3.28. The fourth-order valence-corrected chi connectivity index (χ4v) is 4.92. The second kappa shape index (κ2) is 9.34. The predicted molar refractivity (Wildman–Crippen MR) is 105 cm³/mol. The molecular weight excluding hydrogens is 382 g/mol. The number of sulfonamides is 1. The van der Waals surface area contributed by atoms with Crippen molar-refractivity contribution in [2.45, 2.75) is 44.8 Å². The van der Waals surface area contributed by atoms with E-state index in [0.29, 0.717) is 32.2 Å². The summed E-state index contributed by atoms with van der Waals surface area (Å²) in [4.78, 5) is 14.6. The lowest BCUT2D eigenvalue weighted by Crippen LogP contribution is -2.50. The first-order valence-corrected chi connectivity index (χ1v) is 11.7. The highest BCUT2D eigenvalue weighted by atomic mass is 32.2. The van der Waals surface area contributed by atoms with E-state index < -0.39 is 10.0 Å². The van der Waals surface area contributed by atoms with Crippen molar-refractivity contribution in [3.8, 4) is 0 Å². The zero-order valence-corrected chi connectivity index (χ0v) is 17.5. The number of hydrogen-bond donors (Lipinski definition) is 1. The fraction of sp³-hybridized carbons (Fsp3) is 0.778. The molecule has 1 amide bonds. The van der Waals surface area contributed by atoms with E-state index >= 15 is 0 Å². The molecule has 0 spiro atoms. The van der Waals surface area contributed by atoms with Crippen LogP contribution in [0.25, 0.3) is 0 Å². The Bertz CT molecular complexity index is 760. The Labute approximate surface area is 167 Å². The Kier molecular flexibility index (Phi) is 7.08. The molecule has 28 heavy (non-hydrogen) atoms. The standard InChI is InChI=1S/C18H31N5O4S/c1-15-11-20-21(12-15)14-18(24)19-6-8-23(16-4-9-27-10-5-16)17-3-7-22(13-17)28(2,25)26/h11-12,16-17H,3-10,13-14H2,1-2H3,(H,19,24). The van der Waals surface area contributed by atoms with Crippen LogP contribution in [-0.2, 0) is 26.1 Å². The molecule has 2 aliphatic heterocycles. The first-order chi connectivity index (χ1) is 13.3. The lowest BCUT2D eigenvalue weighted by molar-refractivity contribution is -0.122. The van der Waals surface area contributed by atoms with Crippen molar-refractivity contribution in [3.05, 3.63) is 18.0 Å². The van der Waals surface area contributed by atoms with E-state index in [1.807, 2.05) is 13.1 Å². The Hall–Kier alpha value is -1.49. The second-order valence-corrected chi connectivity index (χ2v) is 9.69. The van der Waals surface area contributed by atoms with E-state index in [1.54, 1.807) is 15.2 Å². The molecular formula is C18H31N5O4S. The third kappa shape index (κ3) is 5.76. The SMILES string of the molecule is Cc1cnn(CC(=O)NCCN(C2CCOCC2)C2CCN(S(C)(=O)=O)C2)c1. The van der Waals surface area contributed by atoms with Gasteiger partial charge in [-0.2, -0.15) is 5.10 Å². The highest BCUT2D eigenvalue weighted by Gasteiger charge is 2.35. The minimum Gasteiger partial charge on any atom is -0.381 e. The van der Waals surface area contributed by atoms with Gasteiger partial charge < -0.3 is 10.1 Å². The van der Waals surface area contributed by atoms with Crippen molar-refractivity contribution in [1.82, 2.24) is 24.3 Å². The van der Waals surface area contributed by atoms with Crippen molar-refractivity contribution in [2.24, 2.45) is 0 Å². The van der Waals surface area contributed by atoms with Crippen LogP contribution in [0.1, 0.15) is 24.8 Å². The van der Waals surface area contributed by atoms with Gasteiger partial charge in [0.05, 0.1) is 12.5 Å². The Morgan fingerprint density at radius 1 is 1.32 bits per heavy atom. The summed E-state index contributed by atoms with van der Waals surface area (Å²) in [6.07, 6.45) is 7.54. The number of carbonyl (C=O) groups excluding carboxylic acids is 1. The van der Waals surface area contributed by atoms with Gasteiger partial charge in [-0.3, -0.25) is 14.4 Å². The van der Waals surface area contributed by atoms with Crippen LogP contribution in [0.3, 0.4) is 0 Å². The van der Waals surface area contributed by atoms with Crippen LogP contribution in [0.2, 0.25) is 0 Å². The summed E-state index contributed by atoms with van der Waals surface area (Å²) < 4.78 is 32.4. The topological polar surface area (TPSA) is 96.8 Å². The maximum atomic E-state index is 12.2. The number of rotatable bonds is 8. The van der Waals surface area contributed by atoms with Gasteiger partial charge in [-0.05, 0) is 31.7 Å². The van der Waals surface area contributed by atoms with Crippen molar-refractivity contribution in [2.75, 3.05) is 45.6 Å². The Morgan fingerprint density at radius 3 is 2.68 bits per heavy atom. The minimum atomic E-state index is -3.16. The van der Waals surface area contributed by atoms with Crippen LogP contribution in [0.4, 0.5) is 0 Å². The lowest BCUT2D eigenvalue weighted by Gasteiger charge is -2.38. The van der Waals surface area contributed by atoms with Gasteiger partial charge >= 0.3 is 0 Å². The predicted octanol–water partition coefficient (Wildman–Crippen LogP) is -0.177. The molecule has 1 unspecified atom stereocenters. The summed E-state index contributed by atoms with van der Waals surface area (Å²) in [5, 5.41) is 7.11. The van der Waals surface area contributed by atoms with Gasteiger partial charge in [0.1, 0.15) is 6.54 Å². The maximum absolute atomic E-state index is 12.2. The quantitative estimate of drug-likeness (QED) is 0.635. The summed E-state index contributed by atoms with van der Waals surface area (Å²) >= 11 is 0. The third-order valence-electron chi connectivity index (χ3n) is 5.48. The Morgan fingerprint density at radius 2 is 2.07 bits per heavy atom. The second-order valence-electron chi connectivity index (χ2n) is 7.71. The molecule has 0 aliphatic carbocycles. The van der Waals surface area contributed by atoms with Crippen LogP contribution in [0, 0.1) is 6.92 Å². The number of amides is 1. The first kappa shape index (κ1) is 21.2. The van der Waals surface area contributed by atoms with Gasteiger partial charge in [0, 0.05) is 57.7 Å². The minimum absolute atomic E-state index is 0.0702. The molecule has 3 rings (SSSR count). The van der Waals surface area contributed by atoms with Crippen LogP contribution in [-0.4, -0.2) is 91.0 Å². The number of nitrogens with one attached hydrogen (secondary N) is 1. The van der Waals surface area contributed by atoms with Gasteiger partial charge in [-0.25, -0.2) is 12.7 Å². The van der Waals surface area contributed by atoms with Gasteiger partial charge in [0.2, 0.25) is 15.9 Å². The van der Waals surface area contributed by atoms with E-state index in [2.05, 4.69) is 15.3 Å². The lowest BCUT2D eigenvalue weighted by atomic mass is 10.0. The summed E-state index contributed by atoms with van der Waals surface area (Å²) in [7, 11) is -3.16. The van der Waals surface area contributed by atoms with E-state index in [-0.39, 0.29) is 18.5 Å². The van der Waals surface area contributed by atoms with E-state index in [1.165, 1.54) is 6.26 Å². The number of nitrogens with zero attached hydrogens (tertiary/aromatic N) is 4. The number of hydrogen-bond acceptors (Lipinski definition) is 6. The zero-order chi connectivity index (χ0) is 20.1. The van der Waals surface area contributed by atoms with E-state index in [4.69, 9.17) is 4.74 Å². The number of aryl methyl sites for hydroxylation is 1. The number of carbonyl (C=O) groups is 1. The van der Waals surface area contributed by atoms with Crippen molar-refractivity contribution >= 4 is 15.9 Å². The van der Waals surface area contributed by atoms with E-state index in [0.717, 1.165) is 38.0 Å². The molecule has 2 saturated heterocycles. The zero-order valence-electron chi connectivity index (χ0n) is 16.7. The monoisotopic (exact) mass is 413 g/mol. The summed E-state index contributed by atoms with van der Waals surface area (Å²) in [5.41, 5.74) is 1.02. The van der Waals surface area contributed by atoms with Crippen molar-refractivity contribution < 1.29 is 17.9 Å². The fourth-order valence-electron chi connectivity index (χ4n) is 4.04. The summed E-state index contributed by atoms with van der Waals surface area (Å²) in [6, 6.07) is 0.549. The molecule has 3 heterocycles. The summed E-state index contributed by atoms with van der Waals surface area (Å²) in [6.45, 7) is 5.93. The third-order valence-corrected chi connectivity index (χ3v) is 6.75. The first-order valence-electron chi connectivity index (χ1n) is 9.87. The van der Waals surface area contributed by atoms with Crippen molar-refractivity contribution in [3.63, 3.8) is 0 Å². The molecule has 10 heteroatoms. The van der Waals surface area contributed by atoms with E-state index in [9.17, 15) is 13.2 Å². The number of ether oxygens (including phenoxy) is 1. The van der Waals surface area contributed by atoms with Gasteiger partial charge in [-0.15, -0.1) is 0 Å². The molecule has 2 fully saturated rings. The average molecular weight is 414 g/mol. The van der Waals surface area contributed by atoms with Crippen LogP contribution < -0.4 is 5.32 Å². The van der Waals surface area contributed by atoms with Crippen LogP contribution >= 0.6 is 0 Å². The molecule has 0 aromatic carbocycles. The van der Waals surface area contributed by atoms with Crippen molar-refractivity contribution in [1.29, 1.82) is 0 Å². The van der Waals surface area contributed by atoms with Crippen LogP contribution in [0.15, 0.2) is 12.4 Å². The normalized spacial score (nSPS) is 22.0. The molecule has 158 valence electrons. The molecule has 2 aliphatic rings. The highest BCUT2D eigenvalue weighted by Crippen LogP contribution is 2.24. The molecule has 1 N–H and O–H groups in total. The number of aromatic nitrogens is 2. The molecule has 0 bridgehead atoms. The Balaban J connectivity index is 1.54. The van der Waals surface area contributed by atoms with Gasteiger partial charge in [0.15, 0.2) is 0 Å². The smallest absolute Gasteiger partial charge is 0.241 e. The molecule has 1 aromatic rings. The summed E-state index contributed by atoms with van der Waals surface area (Å²) in [5.74, 6) is -0.0702.